The molecule has 0 fully saturated rings. The molecule has 2 N–H and O–H groups in total. The number of nitrogens with one attached hydrogen (secondary N) is 1. The van der Waals surface area contributed by atoms with Crippen LogP contribution >= 0.6 is 0 Å². The van der Waals surface area contributed by atoms with E-state index in [1.165, 1.54) is 13.2 Å². The Balaban J connectivity index is 2.79. The molecule has 0 radical (unpaired) electrons. The van der Waals surface area contributed by atoms with Crippen LogP contribution in [0, 0.1) is 11.6 Å². The Morgan fingerprint density at radius 3 is 2.67 bits per heavy atom. The average Bonchev–Trinajstić information content (AvgIpc) is 2.33. The molecule has 0 saturated heterocycles. The summed E-state index contributed by atoms with van der Waals surface area (Å²) in [5.74, 6) is -3.25. The maximum absolute atomic E-state index is 13.2. The Morgan fingerprint density at radius 1 is 1.50 bits per heavy atom. The topological polar surface area (TPSA) is 58.6 Å². The van der Waals surface area contributed by atoms with Crippen molar-refractivity contribution in [3.8, 4) is 5.75 Å². The summed E-state index contributed by atoms with van der Waals surface area (Å²) in [6, 6.07) is 1.63. The van der Waals surface area contributed by atoms with Crippen LogP contribution in [0.4, 0.5) is 8.78 Å². The van der Waals surface area contributed by atoms with E-state index in [1.54, 1.807) is 6.92 Å². The second-order valence-electron chi connectivity index (χ2n) is 3.77. The van der Waals surface area contributed by atoms with Gasteiger partial charge in [0.25, 0.3) is 0 Å². The molecule has 0 saturated carbocycles. The fraction of sp³-hybridized carbons (Fsp3) is 0.417. The summed E-state index contributed by atoms with van der Waals surface area (Å²) in [5.41, 5.74) is 0.422. The summed E-state index contributed by atoms with van der Waals surface area (Å²) in [6.45, 7) is 1.84. The van der Waals surface area contributed by atoms with Crippen molar-refractivity contribution in [1.82, 2.24) is 5.32 Å². The van der Waals surface area contributed by atoms with Crippen molar-refractivity contribution in [3.05, 3.63) is 29.3 Å². The van der Waals surface area contributed by atoms with E-state index in [4.69, 9.17) is 5.11 Å². The normalized spacial score (nSPS) is 12.2. The van der Waals surface area contributed by atoms with Gasteiger partial charge in [0.2, 0.25) is 5.82 Å². The molecule has 6 heteroatoms. The molecule has 0 spiro atoms. The highest BCUT2D eigenvalue weighted by Gasteiger charge is 2.15. The molecule has 0 aromatic heterocycles. The number of aliphatic carboxylic acids is 1. The van der Waals surface area contributed by atoms with Crippen LogP contribution in [0.15, 0.2) is 12.1 Å². The van der Waals surface area contributed by atoms with Gasteiger partial charge in [-0.1, -0.05) is 6.92 Å². The van der Waals surface area contributed by atoms with Crippen LogP contribution in [0.2, 0.25) is 0 Å². The molecule has 1 aromatic carbocycles. The fourth-order valence-electron chi connectivity index (χ4n) is 1.52. The molecular weight excluding hydrogens is 244 g/mol. The van der Waals surface area contributed by atoms with E-state index in [9.17, 15) is 13.6 Å². The van der Waals surface area contributed by atoms with Crippen LogP contribution in [0.1, 0.15) is 18.9 Å². The SMILES string of the molecule is CC[C@@H](NCc1cc(F)c(F)c(OC)c1)C(=O)O. The molecule has 0 aliphatic rings. The standard InChI is InChI=1S/C12H15F2NO3/c1-3-9(12(16)17)15-6-7-4-8(13)11(14)10(5-7)18-2/h4-5,9,15H,3,6H2,1-2H3,(H,16,17)/t9-/m1/s1. The van der Waals surface area contributed by atoms with Crippen LogP contribution in [-0.4, -0.2) is 24.2 Å². The number of benzene rings is 1. The van der Waals surface area contributed by atoms with Crippen molar-refractivity contribution in [2.24, 2.45) is 0 Å². The second-order valence-corrected chi connectivity index (χ2v) is 3.77. The highest BCUT2D eigenvalue weighted by molar-refractivity contribution is 5.73. The van der Waals surface area contributed by atoms with Crippen LogP contribution in [-0.2, 0) is 11.3 Å². The number of ether oxygens (including phenoxy) is 1. The average molecular weight is 259 g/mol. The van der Waals surface area contributed by atoms with E-state index in [-0.39, 0.29) is 12.3 Å². The van der Waals surface area contributed by atoms with Crippen molar-refractivity contribution >= 4 is 5.97 Å². The lowest BCUT2D eigenvalue weighted by Crippen LogP contribution is -2.35. The third-order valence-electron chi connectivity index (χ3n) is 2.53. The van der Waals surface area contributed by atoms with Gasteiger partial charge in [0, 0.05) is 6.54 Å². The molecule has 1 aromatic rings. The minimum atomic E-state index is -1.05. The number of carboxylic acids is 1. The number of carboxylic acid groups (broad SMARTS) is 1. The van der Waals surface area contributed by atoms with Crippen LogP contribution in [0.3, 0.4) is 0 Å². The molecule has 0 amide bonds. The molecule has 1 rings (SSSR count). The first-order valence-corrected chi connectivity index (χ1v) is 5.47. The van der Waals surface area contributed by atoms with Crippen LogP contribution < -0.4 is 10.1 Å². The van der Waals surface area contributed by atoms with Gasteiger partial charge in [0.05, 0.1) is 7.11 Å². The zero-order valence-electron chi connectivity index (χ0n) is 10.2. The van der Waals surface area contributed by atoms with Gasteiger partial charge >= 0.3 is 5.97 Å². The summed E-state index contributed by atoms with van der Waals surface area (Å²) >= 11 is 0. The van der Waals surface area contributed by atoms with Crippen molar-refractivity contribution in [1.29, 1.82) is 0 Å². The monoisotopic (exact) mass is 259 g/mol. The molecule has 0 heterocycles. The minimum absolute atomic E-state index is 0.123. The first-order chi connectivity index (χ1) is 8.49. The summed E-state index contributed by atoms with van der Waals surface area (Å²) in [6.07, 6.45) is 0.399. The highest BCUT2D eigenvalue weighted by atomic mass is 19.2. The maximum atomic E-state index is 13.2. The maximum Gasteiger partial charge on any atom is 0.320 e. The Bertz CT molecular complexity index is 438. The van der Waals surface area contributed by atoms with Gasteiger partial charge in [-0.05, 0) is 24.1 Å². The van der Waals surface area contributed by atoms with E-state index < -0.39 is 23.6 Å². The molecule has 18 heavy (non-hydrogen) atoms. The highest BCUT2D eigenvalue weighted by Crippen LogP contribution is 2.21. The lowest BCUT2D eigenvalue weighted by molar-refractivity contribution is -0.139. The van der Waals surface area contributed by atoms with E-state index in [2.05, 4.69) is 10.1 Å². The zero-order chi connectivity index (χ0) is 13.7. The van der Waals surface area contributed by atoms with Crippen molar-refractivity contribution < 1.29 is 23.4 Å². The lowest BCUT2D eigenvalue weighted by Gasteiger charge is -2.13. The van der Waals surface area contributed by atoms with Crippen LogP contribution in [0.5, 0.6) is 5.75 Å². The summed E-state index contributed by atoms with van der Waals surface area (Å²) in [7, 11) is 1.24. The summed E-state index contributed by atoms with van der Waals surface area (Å²) in [4.78, 5) is 10.8. The van der Waals surface area contributed by atoms with Gasteiger partial charge < -0.3 is 15.2 Å². The van der Waals surface area contributed by atoms with Gasteiger partial charge in [0.1, 0.15) is 6.04 Å². The Kier molecular flexibility index (Phi) is 5.03. The van der Waals surface area contributed by atoms with Crippen molar-refractivity contribution in [2.45, 2.75) is 25.9 Å². The molecular formula is C12H15F2NO3. The van der Waals surface area contributed by atoms with E-state index in [1.807, 2.05) is 0 Å². The number of rotatable bonds is 6. The molecule has 0 unspecified atom stereocenters. The molecule has 0 aliphatic heterocycles. The van der Waals surface area contributed by atoms with E-state index in [0.29, 0.717) is 12.0 Å². The molecule has 4 nitrogen and oxygen atoms in total. The van der Waals surface area contributed by atoms with E-state index in [0.717, 1.165) is 6.07 Å². The first-order valence-electron chi connectivity index (χ1n) is 5.47. The third-order valence-corrected chi connectivity index (χ3v) is 2.53. The smallest absolute Gasteiger partial charge is 0.320 e. The first kappa shape index (κ1) is 14.4. The summed E-state index contributed by atoms with van der Waals surface area (Å²) in [5, 5.41) is 11.6. The third kappa shape index (κ3) is 3.40. The molecule has 0 bridgehead atoms. The Morgan fingerprint density at radius 2 is 2.17 bits per heavy atom. The van der Waals surface area contributed by atoms with Gasteiger partial charge in [0.15, 0.2) is 11.6 Å². The molecule has 100 valence electrons. The number of methoxy groups -OCH3 is 1. The molecule has 0 aliphatic carbocycles. The lowest BCUT2D eigenvalue weighted by atomic mass is 10.1. The predicted octanol–water partition coefficient (Wildman–Crippen LogP) is 1.93. The van der Waals surface area contributed by atoms with Crippen molar-refractivity contribution in [3.63, 3.8) is 0 Å². The Hall–Kier alpha value is -1.69. The van der Waals surface area contributed by atoms with E-state index >= 15 is 0 Å². The number of halogens is 2. The quantitative estimate of drug-likeness (QED) is 0.819. The number of hydrogen-bond donors (Lipinski definition) is 2. The van der Waals surface area contributed by atoms with Gasteiger partial charge in [-0.3, -0.25) is 4.79 Å². The minimum Gasteiger partial charge on any atom is -0.494 e. The van der Waals surface area contributed by atoms with Gasteiger partial charge in [-0.25, -0.2) is 4.39 Å². The second kappa shape index (κ2) is 6.30. The predicted molar refractivity (Wildman–Crippen MR) is 61.5 cm³/mol. The van der Waals surface area contributed by atoms with Crippen LogP contribution in [0.25, 0.3) is 0 Å². The Labute approximate surface area is 104 Å². The largest absolute Gasteiger partial charge is 0.494 e. The van der Waals surface area contributed by atoms with Gasteiger partial charge in [-0.15, -0.1) is 0 Å². The number of hydrogen-bond acceptors (Lipinski definition) is 3. The fourth-order valence-corrected chi connectivity index (χ4v) is 1.52. The molecule has 1 atom stereocenters. The zero-order valence-corrected chi connectivity index (χ0v) is 10.2. The van der Waals surface area contributed by atoms with Crippen molar-refractivity contribution in [2.75, 3.05) is 7.11 Å². The summed E-state index contributed by atoms with van der Waals surface area (Å²) < 4.78 is 31.0. The number of carbonyl (C=O) groups is 1. The van der Waals surface area contributed by atoms with Gasteiger partial charge in [-0.2, -0.15) is 4.39 Å².